The maximum atomic E-state index is 10.2. The Kier molecular flexibility index (Phi) is 4.21. The Labute approximate surface area is 114 Å². The van der Waals surface area contributed by atoms with Gasteiger partial charge in [0.25, 0.3) is 0 Å². The van der Waals surface area contributed by atoms with E-state index in [1.807, 2.05) is 42.5 Å². The van der Waals surface area contributed by atoms with E-state index in [-0.39, 0.29) is 0 Å². The van der Waals surface area contributed by atoms with Gasteiger partial charge in [-0.25, -0.2) is 0 Å². The molecule has 0 aliphatic rings. The minimum atomic E-state index is -0.581. The van der Waals surface area contributed by atoms with Crippen LogP contribution >= 0.6 is 27.5 Å². The number of aliphatic hydroxyl groups is 1. The van der Waals surface area contributed by atoms with E-state index >= 15 is 0 Å². The van der Waals surface area contributed by atoms with E-state index in [4.69, 9.17) is 11.6 Å². The summed E-state index contributed by atoms with van der Waals surface area (Å²) in [6, 6.07) is 15.2. The van der Waals surface area contributed by atoms with Gasteiger partial charge in [0.2, 0.25) is 0 Å². The van der Waals surface area contributed by atoms with Gasteiger partial charge in [0, 0.05) is 15.9 Å². The lowest BCUT2D eigenvalue weighted by Crippen LogP contribution is -2.02. The van der Waals surface area contributed by atoms with E-state index < -0.39 is 6.10 Å². The van der Waals surface area contributed by atoms with Gasteiger partial charge in [0.05, 0.1) is 6.10 Å². The van der Waals surface area contributed by atoms with Crippen molar-refractivity contribution in [2.75, 3.05) is 0 Å². The topological polar surface area (TPSA) is 20.2 Å². The van der Waals surface area contributed by atoms with Crippen molar-refractivity contribution >= 4 is 27.5 Å². The van der Waals surface area contributed by atoms with Crippen LogP contribution in [0.4, 0.5) is 0 Å². The first kappa shape index (κ1) is 12.6. The van der Waals surface area contributed by atoms with Gasteiger partial charge in [-0.15, -0.1) is 0 Å². The average Bonchev–Trinajstić information content (AvgIpc) is 2.32. The molecular formula is C14H12BrClO. The van der Waals surface area contributed by atoms with Crippen molar-refractivity contribution in [1.82, 2.24) is 0 Å². The molecule has 1 unspecified atom stereocenters. The molecule has 0 aliphatic heterocycles. The first-order chi connectivity index (χ1) is 8.18. The summed E-state index contributed by atoms with van der Waals surface area (Å²) in [6.07, 6.45) is -0.0343. The van der Waals surface area contributed by atoms with Gasteiger partial charge in [-0.3, -0.25) is 0 Å². The Morgan fingerprint density at radius 3 is 2.41 bits per heavy atom. The quantitative estimate of drug-likeness (QED) is 0.892. The standard InChI is InChI=1S/C14H12BrClO/c15-12-7-3-1-5-10(12)9-14(17)11-6-2-4-8-13(11)16/h1-8,14,17H,9H2. The van der Waals surface area contributed by atoms with E-state index in [1.54, 1.807) is 6.07 Å². The zero-order chi connectivity index (χ0) is 12.3. The number of aliphatic hydroxyl groups excluding tert-OH is 1. The average molecular weight is 312 g/mol. The highest BCUT2D eigenvalue weighted by atomic mass is 79.9. The monoisotopic (exact) mass is 310 g/mol. The van der Waals surface area contributed by atoms with Crippen molar-refractivity contribution in [2.45, 2.75) is 12.5 Å². The largest absolute Gasteiger partial charge is 0.388 e. The van der Waals surface area contributed by atoms with E-state index in [1.165, 1.54) is 0 Å². The summed E-state index contributed by atoms with van der Waals surface area (Å²) >= 11 is 9.53. The fourth-order valence-electron chi connectivity index (χ4n) is 1.73. The summed E-state index contributed by atoms with van der Waals surface area (Å²) in [5, 5.41) is 10.8. The first-order valence-electron chi connectivity index (χ1n) is 5.34. The zero-order valence-electron chi connectivity index (χ0n) is 9.11. The number of hydrogen-bond donors (Lipinski definition) is 1. The van der Waals surface area contributed by atoms with Crippen molar-refractivity contribution in [3.8, 4) is 0 Å². The third-order valence-corrected chi connectivity index (χ3v) is 3.75. The lowest BCUT2D eigenvalue weighted by Gasteiger charge is -2.13. The van der Waals surface area contributed by atoms with Gasteiger partial charge in [-0.2, -0.15) is 0 Å². The summed E-state index contributed by atoms with van der Waals surface area (Å²) in [7, 11) is 0. The number of hydrogen-bond acceptors (Lipinski definition) is 1. The Bertz CT molecular complexity index is 513. The molecule has 0 radical (unpaired) electrons. The molecule has 3 heteroatoms. The van der Waals surface area contributed by atoms with E-state index in [2.05, 4.69) is 15.9 Å². The summed E-state index contributed by atoms with van der Waals surface area (Å²) in [5.41, 5.74) is 1.84. The zero-order valence-corrected chi connectivity index (χ0v) is 11.4. The predicted octanol–water partition coefficient (Wildman–Crippen LogP) is 4.38. The van der Waals surface area contributed by atoms with Crippen LogP contribution in [0.15, 0.2) is 53.0 Å². The van der Waals surface area contributed by atoms with E-state index in [9.17, 15) is 5.11 Å². The lowest BCUT2D eigenvalue weighted by molar-refractivity contribution is 0.178. The van der Waals surface area contributed by atoms with Crippen LogP contribution in [-0.4, -0.2) is 5.11 Å². The van der Waals surface area contributed by atoms with Gasteiger partial charge in [0.15, 0.2) is 0 Å². The molecule has 0 saturated carbocycles. The molecule has 0 aliphatic carbocycles. The van der Waals surface area contributed by atoms with Crippen molar-refractivity contribution in [2.24, 2.45) is 0 Å². The van der Waals surface area contributed by atoms with Gasteiger partial charge >= 0.3 is 0 Å². The van der Waals surface area contributed by atoms with Crippen molar-refractivity contribution in [3.63, 3.8) is 0 Å². The molecule has 88 valence electrons. The minimum Gasteiger partial charge on any atom is -0.388 e. The molecule has 0 heterocycles. The molecule has 0 aromatic heterocycles. The third-order valence-electron chi connectivity index (χ3n) is 2.64. The molecular weight excluding hydrogens is 300 g/mol. The summed E-state index contributed by atoms with van der Waals surface area (Å²) in [5.74, 6) is 0. The molecule has 0 bridgehead atoms. The van der Waals surface area contributed by atoms with Gasteiger partial charge in [0.1, 0.15) is 0 Å². The van der Waals surface area contributed by atoms with Crippen LogP contribution < -0.4 is 0 Å². The van der Waals surface area contributed by atoms with Crippen molar-refractivity contribution < 1.29 is 5.11 Å². The highest BCUT2D eigenvalue weighted by Gasteiger charge is 2.12. The van der Waals surface area contributed by atoms with Crippen LogP contribution in [0.3, 0.4) is 0 Å². The van der Waals surface area contributed by atoms with Crippen LogP contribution in [0.2, 0.25) is 5.02 Å². The predicted molar refractivity (Wildman–Crippen MR) is 74.3 cm³/mol. The molecule has 2 aromatic carbocycles. The first-order valence-corrected chi connectivity index (χ1v) is 6.51. The van der Waals surface area contributed by atoms with Crippen LogP contribution in [0.5, 0.6) is 0 Å². The Morgan fingerprint density at radius 2 is 1.71 bits per heavy atom. The molecule has 1 atom stereocenters. The van der Waals surface area contributed by atoms with E-state index in [0.29, 0.717) is 11.4 Å². The Balaban J connectivity index is 2.20. The fraction of sp³-hybridized carbons (Fsp3) is 0.143. The lowest BCUT2D eigenvalue weighted by atomic mass is 10.0. The maximum absolute atomic E-state index is 10.2. The number of halogens is 2. The number of benzene rings is 2. The third kappa shape index (κ3) is 3.09. The Hall–Kier alpha value is -0.830. The SMILES string of the molecule is OC(Cc1ccccc1Br)c1ccccc1Cl. The second kappa shape index (κ2) is 5.67. The molecule has 2 rings (SSSR count). The molecule has 17 heavy (non-hydrogen) atoms. The van der Waals surface area contributed by atoms with Gasteiger partial charge in [-0.1, -0.05) is 63.9 Å². The minimum absolute atomic E-state index is 0.547. The fourth-order valence-corrected chi connectivity index (χ4v) is 2.44. The van der Waals surface area contributed by atoms with Gasteiger partial charge < -0.3 is 5.11 Å². The summed E-state index contributed by atoms with van der Waals surface area (Å²) in [6.45, 7) is 0. The number of rotatable bonds is 3. The molecule has 1 N–H and O–H groups in total. The van der Waals surface area contributed by atoms with Crippen LogP contribution in [0.25, 0.3) is 0 Å². The van der Waals surface area contributed by atoms with Crippen molar-refractivity contribution in [1.29, 1.82) is 0 Å². The summed E-state index contributed by atoms with van der Waals surface area (Å²) in [4.78, 5) is 0. The highest BCUT2D eigenvalue weighted by molar-refractivity contribution is 9.10. The normalized spacial score (nSPS) is 12.4. The molecule has 0 fully saturated rings. The Morgan fingerprint density at radius 1 is 1.06 bits per heavy atom. The van der Waals surface area contributed by atoms with Crippen molar-refractivity contribution in [3.05, 3.63) is 69.2 Å². The maximum Gasteiger partial charge on any atom is 0.0845 e. The van der Waals surface area contributed by atoms with Crippen LogP contribution in [-0.2, 0) is 6.42 Å². The van der Waals surface area contributed by atoms with Crippen LogP contribution in [0, 0.1) is 0 Å². The van der Waals surface area contributed by atoms with Crippen LogP contribution in [0.1, 0.15) is 17.2 Å². The molecule has 2 aromatic rings. The second-order valence-corrected chi connectivity index (χ2v) is 5.09. The van der Waals surface area contributed by atoms with Gasteiger partial charge in [-0.05, 0) is 23.3 Å². The molecule has 0 amide bonds. The van der Waals surface area contributed by atoms with E-state index in [0.717, 1.165) is 15.6 Å². The summed E-state index contributed by atoms with van der Waals surface area (Å²) < 4.78 is 1.01. The molecule has 0 spiro atoms. The smallest absolute Gasteiger partial charge is 0.0845 e. The molecule has 1 nitrogen and oxygen atoms in total. The second-order valence-electron chi connectivity index (χ2n) is 3.83. The highest BCUT2D eigenvalue weighted by Crippen LogP contribution is 2.27. The molecule has 0 saturated heterocycles.